The molecular formula is C17H21ClN8. The lowest BCUT2D eigenvalue weighted by Gasteiger charge is -2.25. The maximum Gasteiger partial charge on any atom is 0.229 e. The van der Waals surface area contributed by atoms with Gasteiger partial charge in [-0.05, 0) is 25.3 Å². The molecule has 0 radical (unpaired) electrons. The molecule has 9 heteroatoms. The summed E-state index contributed by atoms with van der Waals surface area (Å²) >= 11 is 6.30. The van der Waals surface area contributed by atoms with Crippen molar-refractivity contribution in [3.05, 3.63) is 23.6 Å². The third-order valence-electron chi connectivity index (χ3n) is 5.43. The first-order valence-corrected chi connectivity index (χ1v) is 9.08. The van der Waals surface area contributed by atoms with Crippen molar-refractivity contribution in [2.24, 2.45) is 18.4 Å². The standard InChI is InChI=1S/C17H21ClN8/c1-26-9-13(7-22-26)24-16-21-8-14(18)15(25-16)23-12-4-11-6-20-10-17(11,5-12)2-3-19/h7-9,11-12,20H,2,4-6,10H2,1H3,(H2,21,23,24,25). The van der Waals surface area contributed by atoms with E-state index in [4.69, 9.17) is 11.6 Å². The van der Waals surface area contributed by atoms with Gasteiger partial charge in [0.05, 0.1) is 24.2 Å². The predicted molar refractivity (Wildman–Crippen MR) is 99.2 cm³/mol. The average Bonchev–Trinajstić information content (AvgIpc) is 3.25. The van der Waals surface area contributed by atoms with Gasteiger partial charge in [0.1, 0.15) is 5.02 Å². The number of hydrogen-bond acceptors (Lipinski definition) is 7. The maximum absolute atomic E-state index is 9.21. The van der Waals surface area contributed by atoms with Gasteiger partial charge in [-0.1, -0.05) is 11.6 Å². The van der Waals surface area contributed by atoms with Crippen LogP contribution in [0.25, 0.3) is 0 Å². The van der Waals surface area contributed by atoms with Crippen LogP contribution in [-0.4, -0.2) is 38.9 Å². The summed E-state index contributed by atoms with van der Waals surface area (Å²) in [5.74, 6) is 1.61. The lowest BCUT2D eigenvalue weighted by Crippen LogP contribution is -2.27. The van der Waals surface area contributed by atoms with E-state index in [9.17, 15) is 5.26 Å². The van der Waals surface area contributed by atoms with Crippen molar-refractivity contribution in [3.8, 4) is 6.07 Å². The van der Waals surface area contributed by atoms with Crippen molar-refractivity contribution in [3.63, 3.8) is 0 Å². The van der Waals surface area contributed by atoms with Crippen LogP contribution in [0, 0.1) is 22.7 Å². The minimum atomic E-state index is 0.0721. The van der Waals surface area contributed by atoms with Gasteiger partial charge in [0.25, 0.3) is 0 Å². The Bertz CT molecular complexity index is 844. The molecule has 8 nitrogen and oxygen atoms in total. The number of hydrogen-bond donors (Lipinski definition) is 3. The highest BCUT2D eigenvalue weighted by atomic mass is 35.5. The SMILES string of the molecule is Cn1cc(Nc2ncc(Cl)c(NC3CC4CNCC4(CC#N)C3)n2)cn1. The predicted octanol–water partition coefficient (Wildman–Crippen LogP) is 2.30. The highest BCUT2D eigenvalue weighted by molar-refractivity contribution is 6.32. The highest BCUT2D eigenvalue weighted by Crippen LogP contribution is 2.49. The molecule has 2 fully saturated rings. The van der Waals surface area contributed by atoms with Crippen molar-refractivity contribution in [1.82, 2.24) is 25.1 Å². The molecule has 0 amide bonds. The Morgan fingerprint density at radius 2 is 2.38 bits per heavy atom. The van der Waals surface area contributed by atoms with E-state index >= 15 is 0 Å². The Morgan fingerprint density at radius 1 is 1.50 bits per heavy atom. The summed E-state index contributed by atoms with van der Waals surface area (Å²) in [7, 11) is 1.85. The Labute approximate surface area is 157 Å². The smallest absolute Gasteiger partial charge is 0.229 e. The number of nitrogens with zero attached hydrogens (tertiary/aromatic N) is 5. The van der Waals surface area contributed by atoms with Gasteiger partial charge in [0, 0.05) is 37.7 Å². The van der Waals surface area contributed by atoms with Gasteiger partial charge in [-0.2, -0.15) is 15.3 Å². The molecule has 2 aromatic heterocycles. The van der Waals surface area contributed by atoms with E-state index in [1.807, 2.05) is 13.2 Å². The number of nitriles is 1. The summed E-state index contributed by atoms with van der Waals surface area (Å²) in [6.45, 7) is 1.89. The molecule has 3 unspecified atom stereocenters. The normalized spacial score (nSPS) is 27.1. The molecule has 3 heterocycles. The van der Waals surface area contributed by atoms with Crippen LogP contribution in [-0.2, 0) is 7.05 Å². The van der Waals surface area contributed by atoms with Crippen molar-refractivity contribution < 1.29 is 0 Å². The van der Waals surface area contributed by atoms with Crippen LogP contribution in [0.15, 0.2) is 18.6 Å². The first-order valence-electron chi connectivity index (χ1n) is 8.70. The molecule has 0 aromatic carbocycles. The number of aromatic nitrogens is 4. The van der Waals surface area contributed by atoms with E-state index in [0.29, 0.717) is 29.1 Å². The molecule has 2 aliphatic rings. The van der Waals surface area contributed by atoms with Crippen LogP contribution in [0.1, 0.15) is 19.3 Å². The third-order valence-corrected chi connectivity index (χ3v) is 5.71. The van der Waals surface area contributed by atoms with Gasteiger partial charge >= 0.3 is 0 Å². The molecule has 136 valence electrons. The second-order valence-electron chi connectivity index (χ2n) is 7.22. The minimum Gasteiger partial charge on any atom is -0.366 e. The van der Waals surface area contributed by atoms with Crippen molar-refractivity contribution in [1.29, 1.82) is 5.26 Å². The van der Waals surface area contributed by atoms with E-state index in [-0.39, 0.29) is 11.5 Å². The average molecular weight is 373 g/mol. The lowest BCUT2D eigenvalue weighted by atomic mass is 9.78. The number of aryl methyl sites for hydroxylation is 1. The fraction of sp³-hybridized carbons (Fsp3) is 0.529. The van der Waals surface area contributed by atoms with Crippen LogP contribution in [0.2, 0.25) is 5.02 Å². The number of halogens is 1. The zero-order valence-electron chi connectivity index (χ0n) is 14.5. The Morgan fingerprint density at radius 3 is 3.15 bits per heavy atom. The zero-order valence-corrected chi connectivity index (χ0v) is 15.3. The molecule has 3 N–H and O–H groups in total. The second kappa shape index (κ2) is 6.74. The van der Waals surface area contributed by atoms with Gasteiger partial charge in [-0.3, -0.25) is 4.68 Å². The van der Waals surface area contributed by atoms with Crippen LogP contribution < -0.4 is 16.0 Å². The second-order valence-corrected chi connectivity index (χ2v) is 7.63. The van der Waals surface area contributed by atoms with Gasteiger partial charge in [-0.25, -0.2) is 4.98 Å². The molecule has 1 aliphatic heterocycles. The molecule has 0 spiro atoms. The number of fused-ring (bicyclic) bond motifs is 1. The monoisotopic (exact) mass is 372 g/mol. The quantitative estimate of drug-likeness (QED) is 0.739. The van der Waals surface area contributed by atoms with Gasteiger partial charge in [0.15, 0.2) is 5.82 Å². The summed E-state index contributed by atoms with van der Waals surface area (Å²) in [5.41, 5.74) is 0.887. The van der Waals surface area contributed by atoms with E-state index in [1.54, 1.807) is 17.1 Å². The summed E-state index contributed by atoms with van der Waals surface area (Å²) in [6, 6.07) is 2.63. The van der Waals surface area contributed by atoms with E-state index in [1.165, 1.54) is 0 Å². The zero-order chi connectivity index (χ0) is 18.1. The molecule has 1 saturated heterocycles. The van der Waals surface area contributed by atoms with Crippen molar-refractivity contribution in [2.75, 3.05) is 23.7 Å². The third kappa shape index (κ3) is 3.20. The van der Waals surface area contributed by atoms with E-state index in [0.717, 1.165) is 31.6 Å². The Kier molecular flexibility index (Phi) is 4.42. The molecule has 0 bridgehead atoms. The molecule has 1 saturated carbocycles. The van der Waals surface area contributed by atoms with Crippen LogP contribution in [0.4, 0.5) is 17.5 Å². The molecular weight excluding hydrogens is 352 g/mol. The summed E-state index contributed by atoms with van der Waals surface area (Å²) < 4.78 is 1.71. The Hall–Kier alpha value is -2.37. The number of nitrogens with one attached hydrogen (secondary N) is 3. The number of anilines is 3. The lowest BCUT2D eigenvalue weighted by molar-refractivity contribution is 0.276. The first-order chi connectivity index (χ1) is 12.6. The molecule has 2 aromatic rings. The highest BCUT2D eigenvalue weighted by Gasteiger charge is 2.50. The topological polar surface area (TPSA) is 103 Å². The largest absolute Gasteiger partial charge is 0.366 e. The molecule has 4 rings (SSSR count). The van der Waals surface area contributed by atoms with Gasteiger partial charge in [-0.15, -0.1) is 0 Å². The van der Waals surface area contributed by atoms with E-state index in [2.05, 4.69) is 37.1 Å². The maximum atomic E-state index is 9.21. The molecule has 1 aliphatic carbocycles. The summed E-state index contributed by atoms with van der Waals surface area (Å²) in [5, 5.41) is 23.9. The molecule has 3 atom stereocenters. The van der Waals surface area contributed by atoms with Crippen LogP contribution in [0.3, 0.4) is 0 Å². The number of rotatable bonds is 5. The first kappa shape index (κ1) is 17.1. The molecule has 26 heavy (non-hydrogen) atoms. The summed E-state index contributed by atoms with van der Waals surface area (Å²) in [6.07, 6.45) is 7.71. The van der Waals surface area contributed by atoms with E-state index < -0.39 is 0 Å². The van der Waals surface area contributed by atoms with Gasteiger partial charge < -0.3 is 16.0 Å². The Balaban J connectivity index is 1.48. The summed E-state index contributed by atoms with van der Waals surface area (Å²) in [4.78, 5) is 8.75. The van der Waals surface area contributed by atoms with Gasteiger partial charge in [0.2, 0.25) is 5.95 Å². The fourth-order valence-corrected chi connectivity index (χ4v) is 4.37. The van der Waals surface area contributed by atoms with Crippen molar-refractivity contribution >= 4 is 29.1 Å². The van der Waals surface area contributed by atoms with Crippen LogP contribution in [0.5, 0.6) is 0 Å². The fourth-order valence-electron chi connectivity index (χ4n) is 4.23. The van der Waals surface area contributed by atoms with Crippen molar-refractivity contribution in [2.45, 2.75) is 25.3 Å². The van der Waals surface area contributed by atoms with Crippen LogP contribution >= 0.6 is 11.6 Å². The minimum absolute atomic E-state index is 0.0721.